The molecule has 20 heavy (non-hydrogen) atoms. The molecule has 3 N–H and O–H groups in total. The summed E-state index contributed by atoms with van der Waals surface area (Å²) in [7, 11) is 0. The van der Waals surface area contributed by atoms with Crippen LogP contribution in [0.3, 0.4) is 0 Å². The molecule has 1 unspecified atom stereocenters. The number of H-pyrrole nitrogens is 1. The van der Waals surface area contributed by atoms with E-state index in [0.29, 0.717) is 12.3 Å². The average Bonchev–Trinajstić information content (AvgIpc) is 2.97. The van der Waals surface area contributed by atoms with Gasteiger partial charge in [-0.2, -0.15) is 0 Å². The first-order valence-electron chi connectivity index (χ1n) is 6.49. The minimum atomic E-state index is -0.118. The van der Waals surface area contributed by atoms with Gasteiger partial charge in [-0.05, 0) is 24.6 Å². The van der Waals surface area contributed by atoms with Gasteiger partial charge in [0, 0.05) is 24.5 Å². The SMILES string of the molecule is CC(NCc1cnc[nH]1)c1ccc2c(c1)NC(=O)CO2. The number of aromatic amines is 1. The predicted octanol–water partition coefficient (Wildman–Crippen LogP) is 1.59. The van der Waals surface area contributed by atoms with Crippen molar-refractivity contribution in [2.45, 2.75) is 19.5 Å². The number of benzene rings is 1. The Hall–Kier alpha value is -2.34. The number of hydrogen-bond acceptors (Lipinski definition) is 4. The molecule has 6 nitrogen and oxygen atoms in total. The number of carbonyl (C=O) groups is 1. The molecule has 6 heteroatoms. The zero-order valence-electron chi connectivity index (χ0n) is 11.1. The standard InChI is InChI=1S/C14H16N4O2/c1-9(16-6-11-5-15-8-17-11)10-2-3-13-12(4-10)18-14(19)7-20-13/h2-5,8-9,16H,6-7H2,1H3,(H,15,17)(H,18,19). The van der Waals surface area contributed by atoms with Gasteiger partial charge in [-0.3, -0.25) is 4.79 Å². The van der Waals surface area contributed by atoms with Crippen LogP contribution in [0.1, 0.15) is 24.2 Å². The molecule has 104 valence electrons. The molecule has 2 heterocycles. The summed E-state index contributed by atoms with van der Waals surface area (Å²) in [5, 5.41) is 6.21. The second kappa shape index (κ2) is 5.34. The minimum Gasteiger partial charge on any atom is -0.482 e. The summed E-state index contributed by atoms with van der Waals surface area (Å²) in [6.07, 6.45) is 3.45. The van der Waals surface area contributed by atoms with E-state index in [-0.39, 0.29) is 18.6 Å². The maximum Gasteiger partial charge on any atom is 0.262 e. The number of ether oxygens (including phenoxy) is 1. The second-order valence-corrected chi connectivity index (χ2v) is 4.77. The van der Waals surface area contributed by atoms with Crippen molar-refractivity contribution in [2.24, 2.45) is 0 Å². The smallest absolute Gasteiger partial charge is 0.262 e. The third kappa shape index (κ3) is 2.65. The van der Waals surface area contributed by atoms with Gasteiger partial charge >= 0.3 is 0 Å². The predicted molar refractivity (Wildman–Crippen MR) is 74.4 cm³/mol. The molecule has 0 saturated carbocycles. The third-order valence-electron chi connectivity index (χ3n) is 3.29. The number of carbonyl (C=O) groups excluding carboxylic acids is 1. The van der Waals surface area contributed by atoms with Gasteiger partial charge in [0.25, 0.3) is 5.91 Å². The number of anilines is 1. The molecule has 1 aliphatic heterocycles. The van der Waals surface area contributed by atoms with E-state index in [1.807, 2.05) is 18.2 Å². The number of nitrogens with zero attached hydrogens (tertiary/aromatic N) is 1. The Labute approximate surface area is 116 Å². The molecular weight excluding hydrogens is 256 g/mol. The highest BCUT2D eigenvalue weighted by Crippen LogP contribution is 2.30. The van der Waals surface area contributed by atoms with Crippen molar-refractivity contribution in [3.63, 3.8) is 0 Å². The first-order valence-corrected chi connectivity index (χ1v) is 6.49. The highest BCUT2D eigenvalue weighted by Gasteiger charge is 2.17. The van der Waals surface area contributed by atoms with Gasteiger partial charge in [0.1, 0.15) is 5.75 Å². The molecule has 0 aliphatic carbocycles. The molecule has 0 bridgehead atoms. The number of amides is 1. The highest BCUT2D eigenvalue weighted by molar-refractivity contribution is 5.95. The van der Waals surface area contributed by atoms with E-state index < -0.39 is 0 Å². The summed E-state index contributed by atoms with van der Waals surface area (Å²) < 4.78 is 5.34. The topological polar surface area (TPSA) is 79.0 Å². The molecule has 3 rings (SSSR count). The normalized spacial score (nSPS) is 15.2. The lowest BCUT2D eigenvalue weighted by molar-refractivity contribution is -0.118. The van der Waals surface area contributed by atoms with Crippen molar-refractivity contribution < 1.29 is 9.53 Å². The summed E-state index contributed by atoms with van der Waals surface area (Å²) in [5.74, 6) is 0.599. The van der Waals surface area contributed by atoms with Crippen LogP contribution in [0.4, 0.5) is 5.69 Å². The van der Waals surface area contributed by atoms with E-state index in [0.717, 1.165) is 16.9 Å². The lowest BCUT2D eigenvalue weighted by Gasteiger charge is -2.20. The molecule has 1 amide bonds. The lowest BCUT2D eigenvalue weighted by Crippen LogP contribution is -2.26. The quantitative estimate of drug-likeness (QED) is 0.789. The molecule has 0 radical (unpaired) electrons. The van der Waals surface area contributed by atoms with Crippen LogP contribution in [-0.4, -0.2) is 22.5 Å². The van der Waals surface area contributed by atoms with Gasteiger partial charge < -0.3 is 20.4 Å². The fraction of sp³-hybridized carbons (Fsp3) is 0.286. The van der Waals surface area contributed by atoms with E-state index in [1.54, 1.807) is 12.5 Å². The molecule has 1 aromatic carbocycles. The Morgan fingerprint density at radius 1 is 1.50 bits per heavy atom. The summed E-state index contributed by atoms with van der Waals surface area (Å²) in [6.45, 7) is 2.87. The Morgan fingerprint density at radius 3 is 3.20 bits per heavy atom. The van der Waals surface area contributed by atoms with Crippen molar-refractivity contribution >= 4 is 11.6 Å². The number of rotatable bonds is 4. The van der Waals surface area contributed by atoms with E-state index >= 15 is 0 Å². The van der Waals surface area contributed by atoms with E-state index in [2.05, 4.69) is 27.5 Å². The molecule has 0 saturated heterocycles. The summed E-state index contributed by atoms with van der Waals surface area (Å²) in [5.41, 5.74) is 2.86. The maximum atomic E-state index is 11.3. The summed E-state index contributed by atoms with van der Waals surface area (Å²) >= 11 is 0. The maximum absolute atomic E-state index is 11.3. The molecule has 0 fully saturated rings. The van der Waals surface area contributed by atoms with E-state index in [9.17, 15) is 4.79 Å². The number of hydrogen-bond donors (Lipinski definition) is 3. The van der Waals surface area contributed by atoms with Crippen LogP contribution in [0.15, 0.2) is 30.7 Å². The fourth-order valence-corrected chi connectivity index (χ4v) is 2.13. The van der Waals surface area contributed by atoms with Crippen molar-refractivity contribution in [2.75, 3.05) is 11.9 Å². The molecule has 2 aromatic rings. The zero-order valence-corrected chi connectivity index (χ0v) is 11.1. The van der Waals surface area contributed by atoms with Gasteiger partial charge in [0.2, 0.25) is 0 Å². The number of aromatic nitrogens is 2. The highest BCUT2D eigenvalue weighted by atomic mass is 16.5. The van der Waals surface area contributed by atoms with Gasteiger partial charge in [-0.15, -0.1) is 0 Å². The monoisotopic (exact) mass is 272 g/mol. The van der Waals surface area contributed by atoms with E-state index in [4.69, 9.17) is 4.74 Å². The minimum absolute atomic E-state index is 0.0833. The van der Waals surface area contributed by atoms with Crippen LogP contribution in [0.5, 0.6) is 5.75 Å². The lowest BCUT2D eigenvalue weighted by atomic mass is 10.1. The van der Waals surface area contributed by atoms with Crippen LogP contribution in [0.25, 0.3) is 0 Å². The van der Waals surface area contributed by atoms with Crippen molar-refractivity contribution in [1.82, 2.24) is 15.3 Å². The fourth-order valence-electron chi connectivity index (χ4n) is 2.13. The molecule has 1 aromatic heterocycles. The van der Waals surface area contributed by atoms with Crippen LogP contribution < -0.4 is 15.4 Å². The molecule has 1 aliphatic rings. The molecule has 0 spiro atoms. The van der Waals surface area contributed by atoms with Crippen molar-refractivity contribution in [3.05, 3.63) is 42.0 Å². The number of nitrogens with one attached hydrogen (secondary N) is 3. The third-order valence-corrected chi connectivity index (χ3v) is 3.29. The van der Waals surface area contributed by atoms with Crippen LogP contribution >= 0.6 is 0 Å². The average molecular weight is 272 g/mol. The van der Waals surface area contributed by atoms with E-state index in [1.165, 1.54) is 0 Å². The molecular formula is C14H16N4O2. The number of imidazole rings is 1. The van der Waals surface area contributed by atoms with Crippen LogP contribution in [0, 0.1) is 0 Å². The largest absolute Gasteiger partial charge is 0.482 e. The first-order chi connectivity index (χ1) is 9.72. The Balaban J connectivity index is 1.70. The van der Waals surface area contributed by atoms with Gasteiger partial charge in [-0.1, -0.05) is 6.07 Å². The van der Waals surface area contributed by atoms with Gasteiger partial charge in [-0.25, -0.2) is 4.98 Å². The molecule has 1 atom stereocenters. The Kier molecular flexibility index (Phi) is 3.39. The summed E-state index contributed by atoms with van der Waals surface area (Å²) in [6, 6.07) is 5.98. The Bertz CT molecular complexity index is 610. The van der Waals surface area contributed by atoms with Crippen LogP contribution in [0.2, 0.25) is 0 Å². The van der Waals surface area contributed by atoms with Gasteiger partial charge in [0.05, 0.1) is 12.0 Å². The number of fused-ring (bicyclic) bond motifs is 1. The van der Waals surface area contributed by atoms with Crippen molar-refractivity contribution in [3.8, 4) is 5.75 Å². The van der Waals surface area contributed by atoms with Gasteiger partial charge in [0.15, 0.2) is 6.61 Å². The summed E-state index contributed by atoms with van der Waals surface area (Å²) in [4.78, 5) is 18.4. The second-order valence-electron chi connectivity index (χ2n) is 4.77. The Morgan fingerprint density at radius 2 is 2.40 bits per heavy atom. The van der Waals surface area contributed by atoms with Crippen LogP contribution in [-0.2, 0) is 11.3 Å². The zero-order chi connectivity index (χ0) is 13.9. The van der Waals surface area contributed by atoms with Crippen molar-refractivity contribution in [1.29, 1.82) is 0 Å². The first kappa shape index (κ1) is 12.7.